The molecular formula is C8H15NO4S. The molecule has 82 valence electrons. The molecule has 1 saturated heterocycles. The minimum Gasteiger partial charge on any atom is -0.433 e. The van der Waals surface area contributed by atoms with E-state index in [2.05, 4.69) is 4.74 Å². The van der Waals surface area contributed by atoms with Gasteiger partial charge in [-0.05, 0) is 19.3 Å². The monoisotopic (exact) mass is 221 g/mol. The Kier molecular flexibility index (Phi) is 3.74. The van der Waals surface area contributed by atoms with Crippen molar-refractivity contribution in [2.45, 2.75) is 19.3 Å². The average Bonchev–Trinajstić information content (AvgIpc) is 2.14. The molecule has 5 nitrogen and oxygen atoms in total. The van der Waals surface area contributed by atoms with Crippen molar-refractivity contribution in [1.29, 1.82) is 0 Å². The van der Waals surface area contributed by atoms with Gasteiger partial charge in [-0.25, -0.2) is 13.2 Å². The number of carbonyl (C=O) groups is 1. The summed E-state index contributed by atoms with van der Waals surface area (Å²) in [6.07, 6.45) is 3.57. The van der Waals surface area contributed by atoms with Gasteiger partial charge in [0, 0.05) is 19.3 Å². The van der Waals surface area contributed by atoms with Crippen LogP contribution in [0.3, 0.4) is 0 Å². The number of hydrogen-bond acceptors (Lipinski definition) is 4. The van der Waals surface area contributed by atoms with Gasteiger partial charge < -0.3 is 9.64 Å². The summed E-state index contributed by atoms with van der Waals surface area (Å²) in [5.41, 5.74) is 0. The summed E-state index contributed by atoms with van der Waals surface area (Å²) in [5, 5.41) is 0. The third-order valence-corrected chi connectivity index (χ3v) is 2.56. The van der Waals surface area contributed by atoms with Crippen LogP contribution in [0.2, 0.25) is 0 Å². The second-order valence-electron chi connectivity index (χ2n) is 3.50. The van der Waals surface area contributed by atoms with Gasteiger partial charge in [-0.2, -0.15) is 0 Å². The first-order valence-electron chi connectivity index (χ1n) is 4.58. The molecule has 0 aromatic carbocycles. The van der Waals surface area contributed by atoms with E-state index in [0.29, 0.717) is 13.1 Å². The molecule has 0 atom stereocenters. The van der Waals surface area contributed by atoms with Gasteiger partial charge >= 0.3 is 6.09 Å². The Morgan fingerprint density at radius 2 is 1.86 bits per heavy atom. The van der Waals surface area contributed by atoms with Gasteiger partial charge in [-0.1, -0.05) is 0 Å². The van der Waals surface area contributed by atoms with Crippen LogP contribution in [-0.4, -0.2) is 44.7 Å². The number of ether oxygens (including phenoxy) is 1. The van der Waals surface area contributed by atoms with E-state index in [0.717, 1.165) is 25.5 Å². The fourth-order valence-electron chi connectivity index (χ4n) is 1.33. The van der Waals surface area contributed by atoms with Crippen LogP contribution in [-0.2, 0) is 14.6 Å². The zero-order valence-electron chi connectivity index (χ0n) is 8.23. The Bertz CT molecular complexity index is 292. The molecule has 1 aliphatic heterocycles. The summed E-state index contributed by atoms with van der Waals surface area (Å²) < 4.78 is 26.1. The smallest absolute Gasteiger partial charge is 0.410 e. The molecule has 6 heteroatoms. The molecule has 0 aromatic rings. The van der Waals surface area contributed by atoms with Crippen LogP contribution in [0.25, 0.3) is 0 Å². The normalized spacial score (nSPS) is 17.9. The first kappa shape index (κ1) is 11.3. The topological polar surface area (TPSA) is 63.7 Å². The summed E-state index contributed by atoms with van der Waals surface area (Å²) in [7, 11) is -3.23. The molecule has 1 aliphatic rings. The highest BCUT2D eigenvalue weighted by Gasteiger charge is 2.18. The number of carbonyl (C=O) groups excluding carboxylic acids is 1. The van der Waals surface area contributed by atoms with Gasteiger partial charge in [-0.3, -0.25) is 0 Å². The highest BCUT2D eigenvalue weighted by molar-refractivity contribution is 7.90. The van der Waals surface area contributed by atoms with E-state index >= 15 is 0 Å². The van der Waals surface area contributed by atoms with E-state index < -0.39 is 21.9 Å². The molecule has 1 rings (SSSR count). The van der Waals surface area contributed by atoms with Crippen molar-refractivity contribution in [2.75, 3.05) is 25.3 Å². The Balaban J connectivity index is 2.34. The van der Waals surface area contributed by atoms with Crippen LogP contribution >= 0.6 is 0 Å². The maximum absolute atomic E-state index is 11.3. The van der Waals surface area contributed by atoms with Crippen molar-refractivity contribution in [3.05, 3.63) is 0 Å². The molecule has 0 saturated carbocycles. The van der Waals surface area contributed by atoms with E-state index in [1.165, 1.54) is 0 Å². The predicted molar refractivity (Wildman–Crippen MR) is 51.6 cm³/mol. The predicted octanol–water partition coefficient (Wildman–Crippen LogP) is 0.611. The molecule has 0 spiro atoms. The summed E-state index contributed by atoms with van der Waals surface area (Å²) in [6, 6.07) is 0. The van der Waals surface area contributed by atoms with Gasteiger partial charge in [0.15, 0.2) is 15.8 Å². The number of hydrogen-bond donors (Lipinski definition) is 0. The minimum atomic E-state index is -3.23. The molecule has 0 bridgehead atoms. The summed E-state index contributed by atoms with van der Waals surface area (Å²) in [6.45, 7) is 1.34. The summed E-state index contributed by atoms with van der Waals surface area (Å²) >= 11 is 0. The van der Waals surface area contributed by atoms with Crippen molar-refractivity contribution in [2.24, 2.45) is 0 Å². The maximum Gasteiger partial charge on any atom is 0.410 e. The van der Waals surface area contributed by atoms with Gasteiger partial charge in [0.1, 0.15) is 0 Å². The van der Waals surface area contributed by atoms with Crippen molar-refractivity contribution < 1.29 is 17.9 Å². The highest BCUT2D eigenvalue weighted by Crippen LogP contribution is 2.09. The van der Waals surface area contributed by atoms with Crippen molar-refractivity contribution in [3.63, 3.8) is 0 Å². The molecule has 0 unspecified atom stereocenters. The Hall–Kier alpha value is -0.780. The van der Waals surface area contributed by atoms with E-state index in [4.69, 9.17) is 0 Å². The lowest BCUT2D eigenvalue weighted by Crippen LogP contribution is -2.36. The third-order valence-electron chi connectivity index (χ3n) is 2.01. The second kappa shape index (κ2) is 4.63. The van der Waals surface area contributed by atoms with E-state index in [9.17, 15) is 13.2 Å². The number of piperidine rings is 1. The Morgan fingerprint density at radius 3 is 2.36 bits per heavy atom. The number of sulfone groups is 1. The summed E-state index contributed by atoms with van der Waals surface area (Å²) in [5.74, 6) is -0.525. The van der Waals surface area contributed by atoms with Crippen LogP contribution in [0.15, 0.2) is 0 Å². The number of amides is 1. The Morgan fingerprint density at radius 1 is 1.29 bits per heavy atom. The Labute approximate surface area is 83.9 Å². The number of nitrogens with zero attached hydrogens (tertiary/aromatic N) is 1. The van der Waals surface area contributed by atoms with Crippen molar-refractivity contribution in [1.82, 2.24) is 4.90 Å². The highest BCUT2D eigenvalue weighted by atomic mass is 32.2. The van der Waals surface area contributed by atoms with Gasteiger partial charge in [0.05, 0.1) is 0 Å². The summed E-state index contributed by atoms with van der Waals surface area (Å²) in [4.78, 5) is 12.8. The molecule has 1 fully saturated rings. The second-order valence-corrected chi connectivity index (χ2v) is 5.59. The molecular weight excluding hydrogens is 206 g/mol. The molecule has 14 heavy (non-hydrogen) atoms. The molecule has 0 aliphatic carbocycles. The van der Waals surface area contributed by atoms with E-state index in [1.54, 1.807) is 4.90 Å². The SMILES string of the molecule is CS(=O)(=O)COC(=O)N1CCCCC1. The van der Waals surface area contributed by atoms with Gasteiger partial charge in [0.25, 0.3) is 0 Å². The molecule has 0 aromatic heterocycles. The molecule has 1 heterocycles. The van der Waals surface area contributed by atoms with Crippen LogP contribution in [0.1, 0.15) is 19.3 Å². The fourth-order valence-corrected chi connectivity index (χ4v) is 1.64. The maximum atomic E-state index is 11.3. The third kappa shape index (κ3) is 3.95. The van der Waals surface area contributed by atoms with E-state index in [1.807, 2.05) is 0 Å². The lowest BCUT2D eigenvalue weighted by molar-refractivity contribution is 0.109. The van der Waals surface area contributed by atoms with Crippen LogP contribution in [0.4, 0.5) is 4.79 Å². The zero-order valence-corrected chi connectivity index (χ0v) is 9.05. The van der Waals surface area contributed by atoms with Crippen LogP contribution < -0.4 is 0 Å². The molecule has 1 amide bonds. The zero-order chi connectivity index (χ0) is 10.6. The van der Waals surface area contributed by atoms with Crippen LogP contribution in [0.5, 0.6) is 0 Å². The minimum absolute atomic E-state index is 0.518. The van der Waals surface area contributed by atoms with Crippen LogP contribution in [0, 0.1) is 0 Å². The number of rotatable bonds is 2. The average molecular weight is 221 g/mol. The fraction of sp³-hybridized carbons (Fsp3) is 0.875. The van der Waals surface area contributed by atoms with Crippen molar-refractivity contribution >= 4 is 15.9 Å². The number of likely N-dealkylation sites (tertiary alicyclic amines) is 1. The van der Waals surface area contributed by atoms with Crippen molar-refractivity contribution in [3.8, 4) is 0 Å². The molecule has 0 N–H and O–H groups in total. The van der Waals surface area contributed by atoms with Gasteiger partial charge in [-0.15, -0.1) is 0 Å². The first-order valence-corrected chi connectivity index (χ1v) is 6.64. The van der Waals surface area contributed by atoms with Gasteiger partial charge in [0.2, 0.25) is 0 Å². The largest absolute Gasteiger partial charge is 0.433 e. The lowest BCUT2D eigenvalue weighted by atomic mass is 10.1. The first-order chi connectivity index (χ1) is 6.49. The standard InChI is InChI=1S/C8H15NO4S/c1-14(11,12)7-13-8(10)9-5-3-2-4-6-9/h2-7H2,1H3. The van der Waals surface area contributed by atoms with E-state index in [-0.39, 0.29) is 0 Å². The quantitative estimate of drug-likeness (QED) is 0.685. The lowest BCUT2D eigenvalue weighted by Gasteiger charge is -2.25. The molecule has 0 radical (unpaired) electrons.